The SMILES string of the molecule is Cc1cc(Oc2ccc(C(N)=O)cc2)nc([C@H]2CCCCN2CC(=O)Nc2cnn(C)c2C)n1. The van der Waals surface area contributed by atoms with E-state index in [0.717, 1.165) is 37.2 Å². The topological polar surface area (TPSA) is 128 Å². The Morgan fingerprint density at radius 1 is 1.18 bits per heavy atom. The molecule has 10 nitrogen and oxygen atoms in total. The van der Waals surface area contributed by atoms with Crippen molar-refractivity contribution in [2.24, 2.45) is 12.8 Å². The molecule has 1 fully saturated rings. The monoisotopic (exact) mass is 463 g/mol. The number of nitrogens with zero attached hydrogens (tertiary/aromatic N) is 5. The lowest BCUT2D eigenvalue weighted by atomic mass is 10.0. The summed E-state index contributed by atoms with van der Waals surface area (Å²) in [5.74, 6) is 0.998. The summed E-state index contributed by atoms with van der Waals surface area (Å²) in [5.41, 5.74) is 8.09. The second kappa shape index (κ2) is 10.0. The molecule has 4 rings (SSSR count). The molecule has 1 atom stereocenters. The first-order valence-corrected chi connectivity index (χ1v) is 11.3. The standard InChI is InChI=1S/C24H29N7O3/c1-15-12-22(34-18-9-7-17(8-10-18)23(25)33)29-24(27-15)20-6-4-5-11-31(20)14-21(32)28-19-13-26-30(3)16(19)2/h7-10,12-13,20H,4-6,11,14H2,1-3H3,(H2,25,33)(H,28,32)/t20-/m1/s1. The van der Waals surface area contributed by atoms with Crippen molar-refractivity contribution in [3.8, 4) is 11.6 Å². The van der Waals surface area contributed by atoms with Crippen molar-refractivity contribution in [1.29, 1.82) is 0 Å². The molecule has 0 aliphatic carbocycles. The number of amides is 2. The Bertz CT molecular complexity index is 1190. The van der Waals surface area contributed by atoms with Crippen molar-refractivity contribution in [3.63, 3.8) is 0 Å². The molecule has 0 spiro atoms. The number of piperidine rings is 1. The number of hydrogen-bond acceptors (Lipinski definition) is 7. The Labute approximate surface area is 198 Å². The fourth-order valence-corrected chi connectivity index (χ4v) is 4.04. The predicted molar refractivity (Wildman–Crippen MR) is 127 cm³/mol. The van der Waals surface area contributed by atoms with Crippen LogP contribution in [0, 0.1) is 13.8 Å². The summed E-state index contributed by atoms with van der Waals surface area (Å²) in [5, 5.41) is 7.13. The van der Waals surface area contributed by atoms with Crippen LogP contribution in [0.4, 0.5) is 5.69 Å². The van der Waals surface area contributed by atoms with E-state index < -0.39 is 5.91 Å². The second-order valence-corrected chi connectivity index (χ2v) is 8.49. The number of primary amides is 1. The van der Waals surface area contributed by atoms with Gasteiger partial charge in [0.25, 0.3) is 0 Å². The van der Waals surface area contributed by atoms with E-state index in [-0.39, 0.29) is 18.5 Å². The van der Waals surface area contributed by atoms with Gasteiger partial charge in [-0.2, -0.15) is 10.1 Å². The molecular formula is C24H29N7O3. The number of likely N-dealkylation sites (tertiary alicyclic amines) is 1. The van der Waals surface area contributed by atoms with Crippen molar-refractivity contribution in [2.75, 3.05) is 18.4 Å². The molecule has 1 aliphatic heterocycles. The van der Waals surface area contributed by atoms with Crippen LogP contribution in [-0.2, 0) is 11.8 Å². The Kier molecular flexibility index (Phi) is 6.87. The minimum atomic E-state index is -0.494. The number of aryl methyl sites for hydroxylation is 2. The minimum absolute atomic E-state index is 0.0889. The van der Waals surface area contributed by atoms with Crippen LogP contribution in [0.25, 0.3) is 0 Å². The highest BCUT2D eigenvalue weighted by atomic mass is 16.5. The van der Waals surface area contributed by atoms with E-state index in [1.54, 1.807) is 41.2 Å². The highest BCUT2D eigenvalue weighted by molar-refractivity contribution is 5.93. The normalized spacial score (nSPS) is 16.3. The van der Waals surface area contributed by atoms with Crippen LogP contribution in [-0.4, -0.2) is 49.6 Å². The molecule has 178 valence electrons. The number of aromatic nitrogens is 4. The number of anilines is 1. The van der Waals surface area contributed by atoms with Gasteiger partial charge in [-0.15, -0.1) is 0 Å². The van der Waals surface area contributed by atoms with Gasteiger partial charge in [0, 0.05) is 24.4 Å². The van der Waals surface area contributed by atoms with Gasteiger partial charge in [-0.25, -0.2) is 4.98 Å². The first kappa shape index (κ1) is 23.4. The van der Waals surface area contributed by atoms with Gasteiger partial charge in [0.15, 0.2) is 0 Å². The number of ether oxygens (including phenoxy) is 1. The third-order valence-corrected chi connectivity index (χ3v) is 5.98. The zero-order valence-electron chi connectivity index (χ0n) is 19.6. The van der Waals surface area contributed by atoms with Crippen LogP contribution in [0.3, 0.4) is 0 Å². The first-order valence-electron chi connectivity index (χ1n) is 11.3. The lowest BCUT2D eigenvalue weighted by Crippen LogP contribution is -2.40. The number of carbonyl (C=O) groups excluding carboxylic acids is 2. The molecule has 1 saturated heterocycles. The number of rotatable bonds is 7. The van der Waals surface area contributed by atoms with Crippen LogP contribution in [0.2, 0.25) is 0 Å². The summed E-state index contributed by atoms with van der Waals surface area (Å²) in [6.07, 6.45) is 4.56. The van der Waals surface area contributed by atoms with Gasteiger partial charge < -0.3 is 15.8 Å². The highest BCUT2D eigenvalue weighted by Crippen LogP contribution is 2.31. The number of benzene rings is 1. The number of carbonyl (C=O) groups is 2. The van der Waals surface area contributed by atoms with E-state index in [1.807, 2.05) is 20.9 Å². The van der Waals surface area contributed by atoms with Crippen molar-refractivity contribution < 1.29 is 14.3 Å². The molecule has 3 heterocycles. The van der Waals surface area contributed by atoms with Crippen molar-refractivity contribution >= 4 is 17.5 Å². The summed E-state index contributed by atoms with van der Waals surface area (Å²) < 4.78 is 7.65. The van der Waals surface area contributed by atoms with Gasteiger partial charge in [0.1, 0.15) is 11.6 Å². The molecule has 1 aromatic carbocycles. The number of nitrogens with two attached hydrogens (primary N) is 1. The summed E-state index contributed by atoms with van der Waals surface area (Å²) in [6.45, 7) is 4.82. The predicted octanol–water partition coefficient (Wildman–Crippen LogP) is 2.88. The molecule has 0 bridgehead atoms. The van der Waals surface area contributed by atoms with Crippen LogP contribution in [0.15, 0.2) is 36.5 Å². The van der Waals surface area contributed by atoms with Gasteiger partial charge in [-0.05, 0) is 57.5 Å². The van der Waals surface area contributed by atoms with E-state index in [2.05, 4.69) is 25.3 Å². The molecule has 3 N–H and O–H groups in total. The molecule has 10 heteroatoms. The van der Waals surface area contributed by atoms with E-state index in [9.17, 15) is 9.59 Å². The smallest absolute Gasteiger partial charge is 0.248 e. The molecule has 3 aromatic rings. The van der Waals surface area contributed by atoms with Crippen molar-refractivity contribution in [2.45, 2.75) is 39.2 Å². The summed E-state index contributed by atoms with van der Waals surface area (Å²) in [6, 6.07) is 8.24. The lowest BCUT2D eigenvalue weighted by molar-refractivity contribution is -0.118. The van der Waals surface area contributed by atoms with Crippen LogP contribution < -0.4 is 15.8 Å². The Morgan fingerprint density at radius 3 is 2.62 bits per heavy atom. The van der Waals surface area contributed by atoms with E-state index in [4.69, 9.17) is 10.5 Å². The third kappa shape index (κ3) is 5.40. The average molecular weight is 464 g/mol. The van der Waals surface area contributed by atoms with Gasteiger partial charge in [0.05, 0.1) is 30.2 Å². The summed E-state index contributed by atoms with van der Waals surface area (Å²) in [7, 11) is 1.84. The molecule has 0 unspecified atom stereocenters. The zero-order valence-corrected chi connectivity index (χ0v) is 19.6. The molecule has 34 heavy (non-hydrogen) atoms. The van der Waals surface area contributed by atoms with Gasteiger partial charge >= 0.3 is 0 Å². The zero-order chi connectivity index (χ0) is 24.2. The van der Waals surface area contributed by atoms with Gasteiger partial charge in [0.2, 0.25) is 17.7 Å². The maximum Gasteiger partial charge on any atom is 0.248 e. The lowest BCUT2D eigenvalue weighted by Gasteiger charge is -2.34. The Morgan fingerprint density at radius 2 is 1.94 bits per heavy atom. The molecule has 0 saturated carbocycles. The van der Waals surface area contributed by atoms with Gasteiger partial charge in [-0.1, -0.05) is 6.42 Å². The maximum absolute atomic E-state index is 12.8. The van der Waals surface area contributed by atoms with E-state index >= 15 is 0 Å². The van der Waals surface area contributed by atoms with Crippen molar-refractivity contribution in [3.05, 3.63) is 59.3 Å². The molecule has 2 aromatic heterocycles. The Balaban J connectivity index is 1.49. The van der Waals surface area contributed by atoms with Crippen molar-refractivity contribution in [1.82, 2.24) is 24.6 Å². The molecular weight excluding hydrogens is 434 g/mol. The summed E-state index contributed by atoms with van der Waals surface area (Å²) >= 11 is 0. The highest BCUT2D eigenvalue weighted by Gasteiger charge is 2.28. The molecule has 0 radical (unpaired) electrons. The third-order valence-electron chi connectivity index (χ3n) is 5.98. The molecule has 2 amide bonds. The molecule has 1 aliphatic rings. The first-order chi connectivity index (χ1) is 16.3. The minimum Gasteiger partial charge on any atom is -0.439 e. The Hall–Kier alpha value is -3.79. The quantitative estimate of drug-likeness (QED) is 0.551. The van der Waals surface area contributed by atoms with E-state index in [1.165, 1.54) is 0 Å². The van der Waals surface area contributed by atoms with E-state index in [0.29, 0.717) is 28.7 Å². The maximum atomic E-state index is 12.8. The van der Waals surface area contributed by atoms with Crippen LogP contribution in [0.5, 0.6) is 11.6 Å². The average Bonchev–Trinajstić information content (AvgIpc) is 3.11. The number of hydrogen-bond donors (Lipinski definition) is 2. The summed E-state index contributed by atoms with van der Waals surface area (Å²) in [4.78, 5) is 35.5. The van der Waals surface area contributed by atoms with Crippen LogP contribution in [0.1, 0.15) is 52.9 Å². The van der Waals surface area contributed by atoms with Gasteiger partial charge in [-0.3, -0.25) is 19.2 Å². The number of nitrogens with one attached hydrogen (secondary N) is 1. The van der Waals surface area contributed by atoms with Crippen LogP contribution >= 0.6 is 0 Å². The largest absolute Gasteiger partial charge is 0.439 e. The second-order valence-electron chi connectivity index (χ2n) is 8.49. The fraction of sp³-hybridized carbons (Fsp3) is 0.375. The fourth-order valence-electron chi connectivity index (χ4n) is 4.04.